The Morgan fingerprint density at radius 2 is 1.88 bits per heavy atom. The molecule has 25 heavy (non-hydrogen) atoms. The van der Waals surface area contributed by atoms with Gasteiger partial charge in [0.05, 0.1) is 19.1 Å². The minimum atomic E-state index is -1.45. The molecule has 1 rings (SSSR count). The lowest BCUT2D eigenvalue weighted by atomic mass is 10.2. The van der Waals surface area contributed by atoms with Crippen LogP contribution in [0.2, 0.25) is 18.1 Å². The molecule has 1 fully saturated rings. The number of ether oxygens (including phenoxy) is 2. The van der Waals surface area contributed by atoms with Crippen LogP contribution in [0.15, 0.2) is 0 Å². The molecule has 7 heteroatoms. The predicted molar refractivity (Wildman–Crippen MR) is 101 cm³/mol. The Kier molecular flexibility index (Phi) is 10.8. The Hall–Kier alpha value is -0.473. The van der Waals surface area contributed by atoms with Gasteiger partial charge in [0.2, 0.25) is 0 Å². The van der Waals surface area contributed by atoms with Crippen molar-refractivity contribution in [3.8, 4) is 0 Å². The minimum absolute atomic E-state index is 0.0813. The Bertz CT molecular complexity index is 370. The molecular formula is C18H37NO5Si. The number of hydrogen-bond donors (Lipinski definition) is 1. The molecule has 1 N–H and O–H groups in total. The summed E-state index contributed by atoms with van der Waals surface area (Å²) < 4.78 is 17.5. The number of carboxylic acids is 1. The summed E-state index contributed by atoms with van der Waals surface area (Å²) >= 11 is 0. The second-order valence-corrected chi connectivity index (χ2v) is 11.8. The summed E-state index contributed by atoms with van der Waals surface area (Å²) in [6, 6.07) is 3.62. The zero-order chi connectivity index (χ0) is 18.7. The molecule has 0 spiro atoms. The number of carbonyl (C=O) groups is 1. The summed E-state index contributed by atoms with van der Waals surface area (Å²) in [6.07, 6.45) is 2.23. The van der Waals surface area contributed by atoms with Gasteiger partial charge in [0.15, 0.2) is 14.6 Å². The highest BCUT2D eigenvalue weighted by Crippen LogP contribution is 2.22. The summed E-state index contributed by atoms with van der Waals surface area (Å²) in [4.78, 5) is 12.9. The van der Waals surface area contributed by atoms with E-state index in [1.807, 2.05) is 0 Å². The molecule has 0 aromatic rings. The minimum Gasteiger partial charge on any atom is -0.481 e. The fourth-order valence-electron chi connectivity index (χ4n) is 3.21. The normalized spacial score (nSPS) is 21.2. The fraction of sp³-hybridized carbons (Fsp3) is 0.944. The van der Waals surface area contributed by atoms with Crippen LogP contribution in [0.3, 0.4) is 0 Å². The number of rotatable bonds is 14. The van der Waals surface area contributed by atoms with Gasteiger partial charge in [0.25, 0.3) is 0 Å². The van der Waals surface area contributed by atoms with Crippen LogP contribution in [0.1, 0.15) is 46.5 Å². The maximum atomic E-state index is 10.6. The van der Waals surface area contributed by atoms with Crippen LogP contribution in [-0.2, 0) is 18.7 Å². The molecule has 1 aliphatic rings. The standard InChI is InChI=1S/C18H37NO5Si/c1-5-25(6-2,7-3)23-14-8-12-19(4)13-11-16-15-22-18(24-16)10-9-17(20)21/h16,18H,5-15H2,1-4H3,(H,20,21). The van der Waals surface area contributed by atoms with E-state index in [1.165, 1.54) is 18.1 Å². The zero-order valence-electron chi connectivity index (χ0n) is 16.5. The van der Waals surface area contributed by atoms with Gasteiger partial charge in [0, 0.05) is 19.6 Å². The first-order valence-corrected chi connectivity index (χ1v) is 12.3. The average molecular weight is 376 g/mol. The highest BCUT2D eigenvalue weighted by molar-refractivity contribution is 6.73. The van der Waals surface area contributed by atoms with Crippen molar-refractivity contribution >= 4 is 14.3 Å². The molecule has 1 heterocycles. The molecule has 0 aliphatic carbocycles. The van der Waals surface area contributed by atoms with E-state index in [-0.39, 0.29) is 18.8 Å². The molecule has 2 atom stereocenters. The van der Waals surface area contributed by atoms with Crippen molar-refractivity contribution in [2.45, 2.75) is 77.0 Å². The van der Waals surface area contributed by atoms with E-state index in [0.29, 0.717) is 13.0 Å². The van der Waals surface area contributed by atoms with E-state index in [2.05, 4.69) is 32.7 Å². The Morgan fingerprint density at radius 3 is 2.48 bits per heavy atom. The van der Waals surface area contributed by atoms with E-state index < -0.39 is 14.3 Å². The molecule has 6 nitrogen and oxygen atoms in total. The molecule has 0 saturated carbocycles. The lowest BCUT2D eigenvalue weighted by Crippen LogP contribution is -2.36. The van der Waals surface area contributed by atoms with Gasteiger partial charge >= 0.3 is 5.97 Å². The second kappa shape index (κ2) is 12.0. The maximum absolute atomic E-state index is 10.6. The fourth-order valence-corrected chi connectivity index (χ4v) is 5.90. The van der Waals surface area contributed by atoms with Crippen LogP contribution in [0.5, 0.6) is 0 Å². The summed E-state index contributed by atoms with van der Waals surface area (Å²) in [7, 11) is 0.677. The lowest BCUT2D eigenvalue weighted by Gasteiger charge is -2.28. The third kappa shape index (κ3) is 8.64. The van der Waals surface area contributed by atoms with Gasteiger partial charge in [-0.2, -0.15) is 0 Å². The third-order valence-electron chi connectivity index (χ3n) is 5.26. The second-order valence-electron chi connectivity index (χ2n) is 6.99. The van der Waals surface area contributed by atoms with Gasteiger partial charge in [-0.25, -0.2) is 0 Å². The van der Waals surface area contributed by atoms with Crippen molar-refractivity contribution in [3.05, 3.63) is 0 Å². The third-order valence-corrected chi connectivity index (χ3v) is 9.95. The monoisotopic (exact) mass is 375 g/mol. The van der Waals surface area contributed by atoms with Gasteiger partial charge in [-0.05, 0) is 44.6 Å². The molecule has 0 aromatic carbocycles. The Labute approximate surface area is 153 Å². The number of hydrogen-bond acceptors (Lipinski definition) is 5. The van der Waals surface area contributed by atoms with Crippen molar-refractivity contribution < 1.29 is 23.8 Å². The first-order chi connectivity index (χ1) is 11.9. The first-order valence-electron chi connectivity index (χ1n) is 9.76. The highest BCUT2D eigenvalue weighted by atomic mass is 28.4. The molecule has 0 aromatic heterocycles. The van der Waals surface area contributed by atoms with E-state index in [0.717, 1.165) is 32.5 Å². The predicted octanol–water partition coefficient (Wildman–Crippen LogP) is 3.33. The van der Waals surface area contributed by atoms with Crippen LogP contribution < -0.4 is 0 Å². The Morgan fingerprint density at radius 1 is 1.20 bits per heavy atom. The SMILES string of the molecule is CC[Si](CC)(CC)OCCCN(C)CCC1COC(CCC(=O)O)O1. The summed E-state index contributed by atoms with van der Waals surface area (Å²) in [5.74, 6) is -0.807. The van der Waals surface area contributed by atoms with Gasteiger partial charge in [-0.1, -0.05) is 20.8 Å². The molecule has 0 amide bonds. The van der Waals surface area contributed by atoms with Gasteiger partial charge < -0.3 is 23.9 Å². The average Bonchev–Trinajstić information content (AvgIpc) is 3.07. The van der Waals surface area contributed by atoms with Crippen molar-refractivity contribution in [2.75, 3.05) is 33.4 Å². The topological polar surface area (TPSA) is 68.2 Å². The first kappa shape index (κ1) is 22.6. The molecule has 1 saturated heterocycles. The van der Waals surface area contributed by atoms with Gasteiger partial charge in [-0.15, -0.1) is 0 Å². The van der Waals surface area contributed by atoms with E-state index >= 15 is 0 Å². The van der Waals surface area contributed by atoms with Crippen molar-refractivity contribution in [3.63, 3.8) is 0 Å². The summed E-state index contributed by atoms with van der Waals surface area (Å²) in [6.45, 7) is 10.2. The molecule has 0 bridgehead atoms. The van der Waals surface area contributed by atoms with Crippen molar-refractivity contribution in [1.82, 2.24) is 4.90 Å². The van der Waals surface area contributed by atoms with Crippen LogP contribution in [0, 0.1) is 0 Å². The van der Waals surface area contributed by atoms with Crippen molar-refractivity contribution in [2.24, 2.45) is 0 Å². The van der Waals surface area contributed by atoms with Gasteiger partial charge in [-0.3, -0.25) is 4.79 Å². The largest absolute Gasteiger partial charge is 0.481 e. The van der Waals surface area contributed by atoms with E-state index in [1.54, 1.807) is 0 Å². The number of aliphatic carboxylic acids is 1. The summed E-state index contributed by atoms with van der Waals surface area (Å²) in [5, 5.41) is 8.69. The summed E-state index contributed by atoms with van der Waals surface area (Å²) in [5.41, 5.74) is 0. The van der Waals surface area contributed by atoms with E-state index in [4.69, 9.17) is 19.0 Å². The van der Waals surface area contributed by atoms with Gasteiger partial charge in [0.1, 0.15) is 0 Å². The molecule has 1 aliphatic heterocycles. The lowest BCUT2D eigenvalue weighted by molar-refractivity contribution is -0.139. The Balaban J connectivity index is 2.11. The van der Waals surface area contributed by atoms with Crippen LogP contribution in [0.25, 0.3) is 0 Å². The number of carboxylic acid groups (broad SMARTS) is 1. The van der Waals surface area contributed by atoms with Crippen LogP contribution in [-0.4, -0.2) is 70.0 Å². The highest BCUT2D eigenvalue weighted by Gasteiger charge is 2.28. The molecular weight excluding hydrogens is 338 g/mol. The molecule has 148 valence electrons. The maximum Gasteiger partial charge on any atom is 0.303 e. The van der Waals surface area contributed by atoms with Crippen molar-refractivity contribution in [1.29, 1.82) is 0 Å². The number of nitrogens with zero attached hydrogens (tertiary/aromatic N) is 1. The smallest absolute Gasteiger partial charge is 0.303 e. The van der Waals surface area contributed by atoms with Crippen LogP contribution in [0.4, 0.5) is 0 Å². The quantitative estimate of drug-likeness (QED) is 0.371. The van der Waals surface area contributed by atoms with Crippen LogP contribution >= 0.6 is 0 Å². The molecule has 0 radical (unpaired) electrons. The molecule has 2 unspecified atom stereocenters. The zero-order valence-corrected chi connectivity index (χ0v) is 17.5. The van der Waals surface area contributed by atoms with E-state index in [9.17, 15) is 4.79 Å².